The molecule has 2 rings (SSSR count). The van der Waals surface area contributed by atoms with Gasteiger partial charge in [-0.05, 0) is 35.3 Å². The van der Waals surface area contributed by atoms with Gasteiger partial charge in [-0.15, -0.1) is 11.8 Å². The van der Waals surface area contributed by atoms with Gasteiger partial charge < -0.3 is 9.84 Å². The summed E-state index contributed by atoms with van der Waals surface area (Å²) in [4.78, 5) is 11.6. The Balaban J connectivity index is 2.36. The normalized spacial score (nSPS) is 17.6. The third kappa shape index (κ3) is 2.16. The third-order valence-corrected chi connectivity index (χ3v) is 3.93. The Morgan fingerprint density at radius 1 is 1.50 bits per heavy atom. The van der Waals surface area contributed by atoms with Gasteiger partial charge in [-0.1, -0.05) is 19.9 Å². The zero-order valence-corrected chi connectivity index (χ0v) is 10.1. The van der Waals surface area contributed by atoms with Crippen molar-refractivity contribution in [3.63, 3.8) is 0 Å². The van der Waals surface area contributed by atoms with E-state index in [4.69, 9.17) is 5.11 Å². The number of rotatable bonds is 1. The van der Waals surface area contributed by atoms with E-state index in [2.05, 4.69) is 18.6 Å². The zero-order valence-electron chi connectivity index (χ0n) is 9.32. The van der Waals surface area contributed by atoms with E-state index < -0.39 is 6.16 Å². The van der Waals surface area contributed by atoms with E-state index in [0.717, 1.165) is 17.1 Å². The number of thioether (sulfide) groups is 1. The maximum atomic E-state index is 10.4. The van der Waals surface area contributed by atoms with Gasteiger partial charge in [-0.2, -0.15) is 0 Å². The fraction of sp³-hybridized carbons (Fsp3) is 0.417. The fourth-order valence-corrected chi connectivity index (χ4v) is 3.43. The van der Waals surface area contributed by atoms with Crippen molar-refractivity contribution in [1.82, 2.24) is 0 Å². The van der Waals surface area contributed by atoms with Gasteiger partial charge in [-0.25, -0.2) is 4.79 Å². The number of carbonyl (C=O) groups is 1. The first-order chi connectivity index (χ1) is 7.49. The second kappa shape index (κ2) is 4.01. The molecule has 16 heavy (non-hydrogen) atoms. The molecule has 86 valence electrons. The average molecular weight is 238 g/mol. The summed E-state index contributed by atoms with van der Waals surface area (Å²) in [6, 6.07) is 5.51. The molecule has 0 aliphatic carbocycles. The van der Waals surface area contributed by atoms with Gasteiger partial charge >= 0.3 is 6.16 Å². The largest absolute Gasteiger partial charge is 0.511 e. The monoisotopic (exact) mass is 238 g/mol. The van der Waals surface area contributed by atoms with Crippen LogP contribution in [-0.4, -0.2) is 17.0 Å². The topological polar surface area (TPSA) is 46.5 Å². The highest BCUT2D eigenvalue weighted by Crippen LogP contribution is 2.42. The molecule has 1 aliphatic rings. The smallest absolute Gasteiger partial charge is 0.449 e. The van der Waals surface area contributed by atoms with Crippen molar-refractivity contribution in [3.05, 3.63) is 23.8 Å². The molecule has 4 heteroatoms. The number of hydrogen-bond donors (Lipinski definition) is 1. The van der Waals surface area contributed by atoms with Crippen LogP contribution in [0, 0.1) is 0 Å². The molecule has 0 fully saturated rings. The van der Waals surface area contributed by atoms with Crippen molar-refractivity contribution < 1.29 is 14.6 Å². The van der Waals surface area contributed by atoms with Gasteiger partial charge in [-0.3, -0.25) is 0 Å². The van der Waals surface area contributed by atoms with Crippen LogP contribution in [0.2, 0.25) is 0 Å². The molecule has 0 saturated carbocycles. The lowest BCUT2D eigenvalue weighted by Crippen LogP contribution is -2.22. The molecule has 0 bridgehead atoms. The molecule has 1 heterocycles. The second-order valence-electron chi connectivity index (χ2n) is 4.51. The van der Waals surface area contributed by atoms with Gasteiger partial charge in [0.25, 0.3) is 0 Å². The van der Waals surface area contributed by atoms with Gasteiger partial charge in [0.05, 0.1) is 0 Å². The molecule has 0 saturated heterocycles. The Morgan fingerprint density at radius 2 is 2.25 bits per heavy atom. The molecule has 1 aromatic carbocycles. The molecule has 1 aliphatic heterocycles. The minimum absolute atomic E-state index is 0.169. The molecule has 0 unspecified atom stereocenters. The lowest BCUT2D eigenvalue weighted by atomic mass is 9.82. The number of fused-ring (bicyclic) bond motifs is 1. The summed E-state index contributed by atoms with van der Waals surface area (Å²) in [7, 11) is 0. The summed E-state index contributed by atoms with van der Waals surface area (Å²) >= 11 is 1.76. The molecule has 1 aromatic rings. The van der Waals surface area contributed by atoms with Crippen molar-refractivity contribution in [2.24, 2.45) is 0 Å². The van der Waals surface area contributed by atoms with Crippen molar-refractivity contribution in [1.29, 1.82) is 0 Å². The second-order valence-corrected chi connectivity index (χ2v) is 5.65. The maximum Gasteiger partial charge on any atom is 0.511 e. The van der Waals surface area contributed by atoms with E-state index in [9.17, 15) is 4.79 Å². The van der Waals surface area contributed by atoms with E-state index in [1.54, 1.807) is 17.8 Å². The Kier molecular flexibility index (Phi) is 2.84. The lowest BCUT2D eigenvalue weighted by Gasteiger charge is -2.32. The van der Waals surface area contributed by atoms with Crippen molar-refractivity contribution in [2.45, 2.75) is 30.6 Å². The average Bonchev–Trinajstić information content (AvgIpc) is 2.15. The summed E-state index contributed by atoms with van der Waals surface area (Å²) in [5.41, 5.74) is 1.45. The molecule has 0 radical (unpaired) electrons. The van der Waals surface area contributed by atoms with E-state index in [1.807, 2.05) is 12.1 Å². The molecular formula is C12H14O3S. The van der Waals surface area contributed by atoms with Gasteiger partial charge in [0.1, 0.15) is 5.75 Å². The minimum Gasteiger partial charge on any atom is -0.449 e. The molecule has 3 nitrogen and oxygen atoms in total. The number of benzene rings is 1. The summed E-state index contributed by atoms with van der Waals surface area (Å²) in [5.74, 6) is 1.47. The number of ether oxygens (including phenoxy) is 1. The standard InChI is InChI=1S/C12H14O3S/c1-12(2)5-6-16-10-7-8(15-11(13)14)3-4-9(10)12/h3-4,7H,5-6H2,1-2H3,(H,13,14). The SMILES string of the molecule is CC1(C)CCSc2cc(OC(=O)O)ccc21. The lowest BCUT2D eigenvalue weighted by molar-refractivity contribution is 0.144. The Bertz CT molecular complexity index is 426. The molecule has 1 N–H and O–H groups in total. The van der Waals surface area contributed by atoms with Crippen LogP contribution in [0.4, 0.5) is 4.79 Å². The van der Waals surface area contributed by atoms with Gasteiger partial charge in [0.15, 0.2) is 0 Å². The van der Waals surface area contributed by atoms with Crippen molar-refractivity contribution in [2.75, 3.05) is 5.75 Å². The Labute approximate surface area is 98.8 Å². The minimum atomic E-state index is -1.26. The predicted molar refractivity (Wildman–Crippen MR) is 63.5 cm³/mol. The summed E-state index contributed by atoms with van der Waals surface area (Å²) in [6.07, 6.45) is -0.121. The predicted octanol–water partition coefficient (Wildman–Crippen LogP) is 3.52. The van der Waals surface area contributed by atoms with E-state index in [1.165, 1.54) is 5.56 Å². The van der Waals surface area contributed by atoms with Gasteiger partial charge in [0, 0.05) is 4.90 Å². The molecule has 0 atom stereocenters. The van der Waals surface area contributed by atoms with Crippen LogP contribution in [0.15, 0.2) is 23.1 Å². The first-order valence-corrected chi connectivity index (χ1v) is 6.16. The van der Waals surface area contributed by atoms with Crippen LogP contribution in [0.5, 0.6) is 5.75 Å². The highest BCUT2D eigenvalue weighted by Gasteiger charge is 2.27. The van der Waals surface area contributed by atoms with Crippen LogP contribution >= 0.6 is 11.8 Å². The van der Waals surface area contributed by atoms with Crippen LogP contribution in [0.1, 0.15) is 25.8 Å². The zero-order chi connectivity index (χ0) is 11.8. The quantitative estimate of drug-likeness (QED) is 0.600. The number of hydrogen-bond acceptors (Lipinski definition) is 3. The number of carboxylic acid groups (broad SMARTS) is 1. The van der Waals surface area contributed by atoms with Crippen molar-refractivity contribution in [3.8, 4) is 5.75 Å². The third-order valence-electron chi connectivity index (χ3n) is 2.87. The van der Waals surface area contributed by atoms with Crippen molar-refractivity contribution >= 4 is 17.9 Å². The van der Waals surface area contributed by atoms with E-state index in [0.29, 0.717) is 5.75 Å². The first kappa shape index (κ1) is 11.3. The molecule has 0 amide bonds. The van der Waals surface area contributed by atoms with E-state index in [-0.39, 0.29) is 5.41 Å². The van der Waals surface area contributed by atoms with Gasteiger partial charge in [0.2, 0.25) is 0 Å². The summed E-state index contributed by atoms with van der Waals surface area (Å²) in [5, 5.41) is 8.54. The maximum absolute atomic E-state index is 10.4. The molecular weight excluding hydrogens is 224 g/mol. The van der Waals surface area contributed by atoms with Crippen LogP contribution in [0.3, 0.4) is 0 Å². The van der Waals surface area contributed by atoms with Crippen LogP contribution < -0.4 is 4.74 Å². The van der Waals surface area contributed by atoms with Crippen LogP contribution in [0.25, 0.3) is 0 Å². The van der Waals surface area contributed by atoms with E-state index >= 15 is 0 Å². The Morgan fingerprint density at radius 3 is 2.94 bits per heavy atom. The Hall–Kier alpha value is -1.16. The fourth-order valence-electron chi connectivity index (χ4n) is 1.90. The molecule has 0 spiro atoms. The highest BCUT2D eigenvalue weighted by molar-refractivity contribution is 7.99. The summed E-state index contributed by atoms with van der Waals surface area (Å²) in [6.45, 7) is 4.42. The first-order valence-electron chi connectivity index (χ1n) is 5.17. The summed E-state index contributed by atoms with van der Waals surface area (Å²) < 4.78 is 4.65. The van der Waals surface area contributed by atoms with Crippen LogP contribution in [-0.2, 0) is 5.41 Å². The highest BCUT2D eigenvalue weighted by atomic mass is 32.2. The molecule has 0 aromatic heterocycles.